The van der Waals surface area contributed by atoms with Gasteiger partial charge in [0.1, 0.15) is 18.1 Å². The summed E-state index contributed by atoms with van der Waals surface area (Å²) in [6.07, 6.45) is -0.351. The number of morpholine rings is 1. The first kappa shape index (κ1) is 24.0. The largest absolute Gasteiger partial charge is 0.497 e. The Bertz CT molecular complexity index is 840. The lowest BCUT2D eigenvalue weighted by molar-refractivity contribution is 0.0322. The number of hydrogen-bond acceptors (Lipinski definition) is 7. The van der Waals surface area contributed by atoms with E-state index in [1.165, 1.54) is 11.1 Å². The van der Waals surface area contributed by atoms with Gasteiger partial charge in [-0.3, -0.25) is 14.7 Å². The van der Waals surface area contributed by atoms with Crippen LogP contribution >= 0.6 is 0 Å². The van der Waals surface area contributed by atoms with Crippen LogP contribution in [0.25, 0.3) is 0 Å². The first-order valence-electron chi connectivity index (χ1n) is 11.9. The molecule has 2 aromatic carbocycles. The standard InChI is InChI=1S/C26H37N3O4/c1-27(17-21-3-7-23(31-2)8-4-21)25-19-29(20-26(25)30)18-22-5-9-24(10-6-22)33-16-13-28-11-14-32-15-12-28/h3-10,25-26,30H,11-20H2,1-2H3/t25-,26-/m0/s1. The van der Waals surface area contributed by atoms with Crippen molar-refractivity contribution in [1.29, 1.82) is 0 Å². The third-order valence-corrected chi connectivity index (χ3v) is 6.60. The molecule has 2 aromatic rings. The van der Waals surface area contributed by atoms with Gasteiger partial charge in [0.15, 0.2) is 0 Å². The summed E-state index contributed by atoms with van der Waals surface area (Å²) in [6.45, 7) is 8.41. The van der Waals surface area contributed by atoms with Crippen molar-refractivity contribution in [2.24, 2.45) is 0 Å². The van der Waals surface area contributed by atoms with Crippen molar-refractivity contribution in [3.8, 4) is 11.5 Å². The van der Waals surface area contributed by atoms with Gasteiger partial charge in [-0.15, -0.1) is 0 Å². The van der Waals surface area contributed by atoms with Crippen molar-refractivity contribution in [1.82, 2.24) is 14.7 Å². The molecule has 7 heteroatoms. The van der Waals surface area contributed by atoms with Gasteiger partial charge < -0.3 is 19.3 Å². The minimum absolute atomic E-state index is 0.120. The quantitative estimate of drug-likeness (QED) is 0.589. The van der Waals surface area contributed by atoms with E-state index in [2.05, 4.69) is 58.1 Å². The average Bonchev–Trinajstić information content (AvgIpc) is 3.21. The van der Waals surface area contributed by atoms with E-state index in [-0.39, 0.29) is 12.1 Å². The SMILES string of the molecule is COc1ccc(CN(C)[C@H]2CN(Cc3ccc(OCCN4CCOCC4)cc3)C[C@@H]2O)cc1. The molecule has 0 unspecified atom stereocenters. The molecule has 0 bridgehead atoms. The van der Waals surface area contributed by atoms with E-state index in [0.29, 0.717) is 13.2 Å². The van der Waals surface area contributed by atoms with Gasteiger partial charge in [-0.2, -0.15) is 0 Å². The smallest absolute Gasteiger partial charge is 0.119 e. The van der Waals surface area contributed by atoms with Crippen molar-refractivity contribution in [3.63, 3.8) is 0 Å². The number of nitrogens with zero attached hydrogens (tertiary/aromatic N) is 3. The monoisotopic (exact) mass is 455 g/mol. The minimum atomic E-state index is -0.351. The van der Waals surface area contributed by atoms with Crippen LogP contribution < -0.4 is 9.47 Å². The minimum Gasteiger partial charge on any atom is -0.497 e. The number of benzene rings is 2. The summed E-state index contributed by atoms with van der Waals surface area (Å²) in [4.78, 5) is 6.95. The zero-order valence-corrected chi connectivity index (χ0v) is 19.9. The zero-order chi connectivity index (χ0) is 23.0. The van der Waals surface area contributed by atoms with Gasteiger partial charge in [0.2, 0.25) is 0 Å². The fourth-order valence-electron chi connectivity index (χ4n) is 4.61. The highest BCUT2D eigenvalue weighted by Crippen LogP contribution is 2.21. The Labute approximate surface area is 197 Å². The molecule has 2 fully saturated rings. The van der Waals surface area contributed by atoms with Crippen molar-refractivity contribution in [3.05, 3.63) is 59.7 Å². The Hall–Kier alpha value is -2.16. The van der Waals surface area contributed by atoms with E-state index in [1.54, 1.807) is 7.11 Å². The number of likely N-dealkylation sites (N-methyl/N-ethyl adjacent to an activating group) is 1. The molecule has 2 saturated heterocycles. The first-order valence-corrected chi connectivity index (χ1v) is 11.9. The summed E-state index contributed by atoms with van der Waals surface area (Å²) in [5.41, 5.74) is 2.45. The highest BCUT2D eigenvalue weighted by Gasteiger charge is 2.33. The Morgan fingerprint density at radius 2 is 1.61 bits per heavy atom. The molecule has 2 atom stereocenters. The molecule has 0 spiro atoms. The number of aliphatic hydroxyl groups excluding tert-OH is 1. The number of likely N-dealkylation sites (tertiary alicyclic amines) is 1. The van der Waals surface area contributed by atoms with Gasteiger partial charge in [0.25, 0.3) is 0 Å². The number of rotatable bonds is 10. The molecule has 0 aliphatic carbocycles. The molecule has 0 amide bonds. The molecule has 2 heterocycles. The van der Waals surface area contributed by atoms with Gasteiger partial charge >= 0.3 is 0 Å². The lowest BCUT2D eigenvalue weighted by atomic mass is 10.1. The zero-order valence-electron chi connectivity index (χ0n) is 19.9. The van der Waals surface area contributed by atoms with Gasteiger partial charge in [-0.25, -0.2) is 0 Å². The summed E-state index contributed by atoms with van der Waals surface area (Å²) in [5, 5.41) is 10.7. The summed E-state index contributed by atoms with van der Waals surface area (Å²) in [7, 11) is 3.77. The number of aliphatic hydroxyl groups is 1. The van der Waals surface area contributed by atoms with E-state index in [4.69, 9.17) is 14.2 Å². The third-order valence-electron chi connectivity index (χ3n) is 6.60. The Morgan fingerprint density at radius 3 is 2.30 bits per heavy atom. The number of ether oxygens (including phenoxy) is 3. The normalized spacial score (nSPS) is 22.1. The van der Waals surface area contributed by atoms with Gasteiger partial charge in [-0.1, -0.05) is 24.3 Å². The van der Waals surface area contributed by atoms with E-state index < -0.39 is 0 Å². The topological polar surface area (TPSA) is 57.6 Å². The predicted molar refractivity (Wildman–Crippen MR) is 129 cm³/mol. The van der Waals surface area contributed by atoms with Gasteiger partial charge in [-0.05, 0) is 42.4 Å². The summed E-state index contributed by atoms with van der Waals surface area (Å²) >= 11 is 0. The second kappa shape index (κ2) is 11.8. The van der Waals surface area contributed by atoms with E-state index in [0.717, 1.165) is 64.0 Å². The molecular weight excluding hydrogens is 418 g/mol. The summed E-state index contributed by atoms with van der Waals surface area (Å²) in [6, 6.07) is 16.6. The molecule has 4 rings (SSSR count). The van der Waals surface area contributed by atoms with Crippen molar-refractivity contribution >= 4 is 0 Å². The molecule has 7 nitrogen and oxygen atoms in total. The number of methoxy groups -OCH3 is 1. The van der Waals surface area contributed by atoms with Crippen LogP contribution in [0.1, 0.15) is 11.1 Å². The van der Waals surface area contributed by atoms with Crippen LogP contribution in [0.15, 0.2) is 48.5 Å². The fraction of sp³-hybridized carbons (Fsp3) is 0.538. The van der Waals surface area contributed by atoms with Crippen LogP contribution in [0.4, 0.5) is 0 Å². The van der Waals surface area contributed by atoms with Gasteiger partial charge in [0.05, 0.1) is 26.4 Å². The highest BCUT2D eigenvalue weighted by atomic mass is 16.5. The average molecular weight is 456 g/mol. The molecule has 0 saturated carbocycles. The van der Waals surface area contributed by atoms with Crippen LogP contribution in [-0.2, 0) is 17.8 Å². The molecular formula is C26H37N3O4. The summed E-state index contributed by atoms with van der Waals surface area (Å²) in [5.74, 6) is 1.77. The third kappa shape index (κ3) is 6.91. The summed E-state index contributed by atoms with van der Waals surface area (Å²) < 4.78 is 16.5. The van der Waals surface area contributed by atoms with E-state index in [1.807, 2.05) is 12.1 Å². The fourth-order valence-corrected chi connectivity index (χ4v) is 4.61. The second-order valence-corrected chi connectivity index (χ2v) is 9.04. The van der Waals surface area contributed by atoms with Crippen LogP contribution in [0, 0.1) is 0 Å². The maximum atomic E-state index is 10.7. The van der Waals surface area contributed by atoms with Crippen LogP contribution in [0.3, 0.4) is 0 Å². The Morgan fingerprint density at radius 1 is 0.939 bits per heavy atom. The molecule has 33 heavy (non-hydrogen) atoms. The van der Waals surface area contributed by atoms with Crippen molar-refractivity contribution < 1.29 is 19.3 Å². The number of hydrogen-bond donors (Lipinski definition) is 1. The van der Waals surface area contributed by atoms with Crippen molar-refractivity contribution in [2.45, 2.75) is 25.2 Å². The molecule has 0 aromatic heterocycles. The molecule has 2 aliphatic rings. The number of β-amino-alcohol motifs (C(OH)–C–C–N with tert-alkyl or cyclic N) is 1. The molecule has 0 radical (unpaired) electrons. The van der Waals surface area contributed by atoms with E-state index >= 15 is 0 Å². The Kier molecular flexibility index (Phi) is 8.58. The van der Waals surface area contributed by atoms with Gasteiger partial charge in [0, 0.05) is 51.9 Å². The maximum Gasteiger partial charge on any atom is 0.119 e. The van der Waals surface area contributed by atoms with Crippen LogP contribution in [0.2, 0.25) is 0 Å². The molecule has 1 N–H and O–H groups in total. The molecule has 2 aliphatic heterocycles. The lowest BCUT2D eigenvalue weighted by Crippen LogP contribution is -2.40. The highest BCUT2D eigenvalue weighted by molar-refractivity contribution is 5.28. The lowest BCUT2D eigenvalue weighted by Gasteiger charge is -2.26. The predicted octanol–water partition coefficient (Wildman–Crippen LogP) is 2.08. The first-order chi connectivity index (χ1) is 16.1. The van der Waals surface area contributed by atoms with E-state index in [9.17, 15) is 5.11 Å². The van der Waals surface area contributed by atoms with Crippen LogP contribution in [0.5, 0.6) is 11.5 Å². The maximum absolute atomic E-state index is 10.7. The molecule has 180 valence electrons. The second-order valence-electron chi connectivity index (χ2n) is 9.04. The van der Waals surface area contributed by atoms with Crippen molar-refractivity contribution in [2.75, 3.05) is 66.7 Å². The van der Waals surface area contributed by atoms with Crippen LogP contribution in [-0.4, -0.2) is 98.7 Å². The Balaban J connectivity index is 1.22.